The highest BCUT2D eigenvalue weighted by molar-refractivity contribution is 7.87. The minimum absolute atomic E-state index is 0.443. The molecule has 0 atom stereocenters. The molecule has 0 aliphatic carbocycles. The number of ether oxygens (including phenoxy) is 1. The van der Waals surface area contributed by atoms with Crippen LogP contribution in [0.2, 0.25) is 0 Å². The number of hydrogen-bond acceptors (Lipinski definition) is 4. The third kappa shape index (κ3) is 14.0. The second kappa shape index (κ2) is 19.7. The molecule has 0 N–H and O–H groups in total. The van der Waals surface area contributed by atoms with Crippen LogP contribution in [0, 0.1) is 7.14 Å². The van der Waals surface area contributed by atoms with Crippen LogP contribution in [0.15, 0.2) is 54.6 Å². The van der Waals surface area contributed by atoms with Crippen molar-refractivity contribution in [1.29, 1.82) is 0 Å². The van der Waals surface area contributed by atoms with E-state index in [9.17, 15) is 21.6 Å². The van der Waals surface area contributed by atoms with Crippen LogP contribution in [0.1, 0.15) is 110 Å². The smallest absolute Gasteiger partial charge is 0.494 e. The summed E-state index contributed by atoms with van der Waals surface area (Å²) in [4.78, 5) is 0. The summed E-state index contributed by atoms with van der Waals surface area (Å²) in [7, 11) is -5.70. The molecular formula is C31H46F3IO4S+. The molecule has 0 saturated carbocycles. The number of benzene rings is 2. The van der Waals surface area contributed by atoms with Gasteiger partial charge in [-0.3, -0.25) is 0 Å². The SMILES string of the molecule is CCCCCCCCCCCCCCCCCCOc1ccc([I+](OS(=O)(=O)C(F)(F)F)c2ccccc2)cc1. The van der Waals surface area contributed by atoms with E-state index in [-0.39, 0.29) is 0 Å². The van der Waals surface area contributed by atoms with Crippen molar-refractivity contribution in [2.45, 2.75) is 115 Å². The maximum atomic E-state index is 13.0. The van der Waals surface area contributed by atoms with E-state index < -0.39 is 35.9 Å². The van der Waals surface area contributed by atoms with E-state index in [2.05, 4.69) is 6.92 Å². The molecule has 4 nitrogen and oxygen atoms in total. The number of hydrogen-bond donors (Lipinski definition) is 0. The van der Waals surface area contributed by atoms with Gasteiger partial charge in [0.05, 0.1) is 6.61 Å². The van der Waals surface area contributed by atoms with E-state index in [0.717, 1.165) is 12.8 Å². The largest absolute Gasteiger partial charge is 0.526 e. The Balaban J connectivity index is 1.61. The van der Waals surface area contributed by atoms with Crippen molar-refractivity contribution >= 4 is 10.1 Å². The molecule has 1 radical (unpaired) electrons. The zero-order valence-electron chi connectivity index (χ0n) is 23.8. The fraction of sp³-hybridized carbons (Fsp3) is 0.613. The molecule has 0 amide bonds. The molecule has 0 aromatic heterocycles. The molecule has 0 heterocycles. The van der Waals surface area contributed by atoms with Gasteiger partial charge in [-0.05, 0) is 45.3 Å². The minimum atomic E-state index is -5.70. The lowest BCUT2D eigenvalue weighted by molar-refractivity contribution is -1.03. The summed E-state index contributed by atoms with van der Waals surface area (Å²) in [5.74, 6) is 0.604. The standard InChI is InChI=1S/C31H46F3IO4S/c1-2-3-4-5-6-7-8-9-10-11-12-13-14-15-16-20-27-38-30-25-23-29(24-26-30)35(28-21-18-17-19-22-28)39-40(36,37)31(32,33)34/h17-19,21-26H,2-16,20,27H2,1H3/q+1. The quantitative estimate of drug-likeness (QED) is 0.0775. The van der Waals surface area contributed by atoms with Crippen molar-refractivity contribution in [3.63, 3.8) is 0 Å². The molecular weight excluding hydrogens is 652 g/mol. The Labute approximate surface area is 247 Å². The molecule has 0 unspecified atom stereocenters. The van der Waals surface area contributed by atoms with E-state index in [1.54, 1.807) is 54.6 Å². The fourth-order valence-electron chi connectivity index (χ4n) is 4.33. The summed E-state index contributed by atoms with van der Waals surface area (Å²) in [6.07, 6.45) is 20.9. The summed E-state index contributed by atoms with van der Waals surface area (Å²) in [5, 5.41) is 0. The zero-order valence-corrected chi connectivity index (χ0v) is 26.7. The number of alkyl halides is 3. The summed E-state index contributed by atoms with van der Waals surface area (Å²) in [6, 6.07) is 14.7. The van der Waals surface area contributed by atoms with Gasteiger partial charge in [0.25, 0.3) is 0 Å². The topological polar surface area (TPSA) is 52.6 Å². The van der Waals surface area contributed by atoms with Crippen LogP contribution in [-0.4, -0.2) is 20.5 Å². The molecule has 0 aliphatic rings. The zero-order chi connectivity index (χ0) is 29.1. The van der Waals surface area contributed by atoms with E-state index in [0.29, 0.717) is 19.5 Å². The van der Waals surface area contributed by atoms with Crippen molar-refractivity contribution < 1.29 is 49.1 Å². The third-order valence-electron chi connectivity index (χ3n) is 6.64. The Morgan fingerprint density at radius 3 is 1.50 bits per heavy atom. The Kier molecular flexibility index (Phi) is 17.2. The van der Waals surface area contributed by atoms with Gasteiger partial charge in [-0.1, -0.05) is 121 Å². The fourth-order valence-corrected chi connectivity index (χ4v) is 10.8. The van der Waals surface area contributed by atoms with Crippen LogP contribution in [0.3, 0.4) is 0 Å². The molecule has 0 aliphatic heterocycles. The lowest BCUT2D eigenvalue weighted by atomic mass is 10.0. The molecule has 0 spiro atoms. The van der Waals surface area contributed by atoms with Crippen LogP contribution in [0.25, 0.3) is 0 Å². The number of rotatable bonds is 22. The highest BCUT2D eigenvalue weighted by Gasteiger charge is 2.54. The van der Waals surface area contributed by atoms with Crippen molar-refractivity contribution in [1.82, 2.24) is 0 Å². The maximum Gasteiger partial charge on any atom is 0.526 e. The second-order valence-corrected chi connectivity index (χ2v) is 16.6. The van der Waals surface area contributed by atoms with Crippen LogP contribution >= 0.6 is 0 Å². The monoisotopic (exact) mass is 698 g/mol. The summed E-state index contributed by atoms with van der Waals surface area (Å²) >= 11 is -3.35. The first kappa shape index (κ1) is 34.9. The van der Waals surface area contributed by atoms with Gasteiger partial charge >= 0.3 is 35.9 Å². The van der Waals surface area contributed by atoms with Crippen LogP contribution in [-0.2, 0) is 12.6 Å². The first-order valence-corrected chi connectivity index (χ1v) is 19.2. The van der Waals surface area contributed by atoms with Crippen molar-refractivity contribution in [3.8, 4) is 5.75 Å². The average molecular weight is 699 g/mol. The number of halogens is 4. The molecule has 40 heavy (non-hydrogen) atoms. The van der Waals surface area contributed by atoms with Crippen LogP contribution in [0.4, 0.5) is 13.2 Å². The molecule has 9 heteroatoms. The van der Waals surface area contributed by atoms with Gasteiger partial charge in [0.15, 0.2) is 7.14 Å². The molecule has 0 fully saturated rings. The van der Waals surface area contributed by atoms with E-state index in [1.165, 1.54) is 89.9 Å². The Hall–Kier alpha value is -1.33. The van der Waals surface area contributed by atoms with E-state index in [1.807, 2.05) is 0 Å². The van der Waals surface area contributed by atoms with Gasteiger partial charge in [0.1, 0.15) is 5.75 Å². The predicted molar refractivity (Wildman–Crippen MR) is 151 cm³/mol. The summed E-state index contributed by atoms with van der Waals surface area (Å²) in [6.45, 7) is 2.83. The van der Waals surface area contributed by atoms with Crippen molar-refractivity contribution in [2.75, 3.05) is 6.61 Å². The Bertz CT molecular complexity index is 1020. The van der Waals surface area contributed by atoms with Gasteiger partial charge in [-0.2, -0.15) is 21.6 Å². The van der Waals surface area contributed by atoms with Gasteiger partial charge in [-0.15, -0.1) is 0 Å². The molecule has 2 aromatic rings. The third-order valence-corrected chi connectivity index (χ3v) is 13.7. The molecule has 227 valence electrons. The van der Waals surface area contributed by atoms with Crippen molar-refractivity contribution in [3.05, 3.63) is 61.7 Å². The Morgan fingerprint density at radius 2 is 1.05 bits per heavy atom. The lowest BCUT2D eigenvalue weighted by Gasteiger charge is -2.09. The maximum absolute atomic E-state index is 13.0. The van der Waals surface area contributed by atoms with Gasteiger partial charge in [0, 0.05) is 0 Å². The van der Waals surface area contributed by atoms with Crippen LogP contribution < -0.4 is 25.0 Å². The van der Waals surface area contributed by atoms with Gasteiger partial charge in [0.2, 0.25) is 0 Å². The number of unbranched alkanes of at least 4 members (excludes halogenated alkanes) is 15. The summed E-state index contributed by atoms with van der Waals surface area (Å²) < 4.78 is 73.9. The molecule has 2 rings (SSSR count). The molecule has 0 saturated heterocycles. The molecule has 2 aromatic carbocycles. The first-order chi connectivity index (χ1) is 19.2. The van der Waals surface area contributed by atoms with Gasteiger partial charge < -0.3 is 4.74 Å². The highest BCUT2D eigenvalue weighted by atomic mass is 127. The minimum Gasteiger partial charge on any atom is -0.494 e. The molecule has 0 bridgehead atoms. The Morgan fingerprint density at radius 1 is 0.625 bits per heavy atom. The van der Waals surface area contributed by atoms with Crippen LogP contribution in [0.5, 0.6) is 5.75 Å². The normalized spacial score (nSPS) is 12.2. The van der Waals surface area contributed by atoms with Gasteiger partial charge in [-0.25, -0.2) is 0 Å². The second-order valence-electron chi connectivity index (χ2n) is 10.1. The van der Waals surface area contributed by atoms with E-state index >= 15 is 0 Å². The highest BCUT2D eigenvalue weighted by Crippen LogP contribution is 2.22. The lowest BCUT2D eigenvalue weighted by Crippen LogP contribution is -3.85. The van der Waals surface area contributed by atoms with E-state index in [4.69, 9.17) is 7.25 Å². The summed E-state index contributed by atoms with van der Waals surface area (Å²) in [5.41, 5.74) is -5.46. The predicted octanol–water partition coefficient (Wildman–Crippen LogP) is 6.77. The first-order valence-electron chi connectivity index (χ1n) is 14.7. The average Bonchev–Trinajstić information content (AvgIpc) is 2.94. The van der Waals surface area contributed by atoms with Crippen molar-refractivity contribution in [2.24, 2.45) is 0 Å².